The summed E-state index contributed by atoms with van der Waals surface area (Å²) in [5, 5.41) is 12.8. The first-order valence-electron chi connectivity index (χ1n) is 10.2. The van der Waals surface area contributed by atoms with Crippen molar-refractivity contribution >= 4 is 39.0 Å². The Balaban J connectivity index is 1.49. The van der Waals surface area contributed by atoms with E-state index in [-0.39, 0.29) is 0 Å². The van der Waals surface area contributed by atoms with Gasteiger partial charge < -0.3 is 9.88 Å². The van der Waals surface area contributed by atoms with Gasteiger partial charge in [0.05, 0.1) is 28.6 Å². The first-order chi connectivity index (χ1) is 15.7. The van der Waals surface area contributed by atoms with Gasteiger partial charge in [-0.3, -0.25) is 15.1 Å². The summed E-state index contributed by atoms with van der Waals surface area (Å²) in [6.07, 6.45) is 5.55. The van der Waals surface area contributed by atoms with E-state index in [9.17, 15) is 0 Å². The molecule has 2 N–H and O–H groups in total. The second kappa shape index (κ2) is 7.28. The van der Waals surface area contributed by atoms with Gasteiger partial charge in [-0.05, 0) is 41.3 Å². The molecule has 0 aliphatic rings. The molecule has 0 aliphatic carbocycles. The molecule has 0 bridgehead atoms. The standard InChI is InChI=1S/C24H19N7S/c1-31(2)17-9-16(11-25-12-17)14-3-4-19-18(10-14)22(30-29-19)24-27-20-5-7-26-21(23(20)28-24)15-6-8-32-13-15/h3-13H,1-2H3,(H,27,28)(H,29,30). The summed E-state index contributed by atoms with van der Waals surface area (Å²) in [4.78, 5) is 19.3. The molecule has 156 valence electrons. The Hall–Kier alpha value is -4.04. The predicted molar refractivity (Wildman–Crippen MR) is 130 cm³/mol. The average molecular weight is 438 g/mol. The molecular weight excluding hydrogens is 418 g/mol. The minimum absolute atomic E-state index is 0.716. The van der Waals surface area contributed by atoms with Crippen LogP contribution in [0.5, 0.6) is 0 Å². The van der Waals surface area contributed by atoms with Gasteiger partial charge in [0.2, 0.25) is 0 Å². The highest BCUT2D eigenvalue weighted by Gasteiger charge is 2.16. The number of pyridine rings is 2. The number of hydrogen-bond donors (Lipinski definition) is 2. The zero-order valence-electron chi connectivity index (χ0n) is 17.5. The second-order valence-corrected chi connectivity index (χ2v) is 8.59. The van der Waals surface area contributed by atoms with Gasteiger partial charge in [-0.25, -0.2) is 4.98 Å². The Morgan fingerprint density at radius 1 is 0.906 bits per heavy atom. The molecule has 0 saturated carbocycles. The van der Waals surface area contributed by atoms with Crippen LogP contribution < -0.4 is 4.90 Å². The summed E-state index contributed by atoms with van der Waals surface area (Å²) in [6, 6.07) is 12.4. The molecule has 8 heteroatoms. The third-order valence-electron chi connectivity index (χ3n) is 5.56. The van der Waals surface area contributed by atoms with Crippen LogP contribution in [0, 0.1) is 0 Å². The number of imidazole rings is 1. The third-order valence-corrected chi connectivity index (χ3v) is 6.24. The van der Waals surface area contributed by atoms with Crippen LogP contribution in [-0.2, 0) is 0 Å². The van der Waals surface area contributed by atoms with E-state index < -0.39 is 0 Å². The van der Waals surface area contributed by atoms with Crippen molar-refractivity contribution in [2.24, 2.45) is 0 Å². The van der Waals surface area contributed by atoms with Crippen LogP contribution in [0.1, 0.15) is 0 Å². The second-order valence-electron chi connectivity index (χ2n) is 7.81. The number of nitrogens with one attached hydrogen (secondary N) is 2. The normalized spacial score (nSPS) is 11.4. The van der Waals surface area contributed by atoms with Crippen molar-refractivity contribution in [1.29, 1.82) is 0 Å². The summed E-state index contributed by atoms with van der Waals surface area (Å²) >= 11 is 1.65. The lowest BCUT2D eigenvalue weighted by atomic mass is 10.0. The van der Waals surface area contributed by atoms with Crippen LogP contribution in [-0.4, -0.2) is 44.2 Å². The number of thiophene rings is 1. The molecule has 0 spiro atoms. The highest BCUT2D eigenvalue weighted by molar-refractivity contribution is 7.08. The average Bonchev–Trinajstić information content (AvgIpc) is 3.57. The number of anilines is 1. The van der Waals surface area contributed by atoms with Gasteiger partial charge in [-0.2, -0.15) is 16.4 Å². The highest BCUT2D eigenvalue weighted by Crippen LogP contribution is 2.33. The third kappa shape index (κ3) is 3.04. The summed E-state index contributed by atoms with van der Waals surface area (Å²) in [5.41, 5.74) is 8.65. The summed E-state index contributed by atoms with van der Waals surface area (Å²) in [6.45, 7) is 0. The maximum atomic E-state index is 4.89. The lowest BCUT2D eigenvalue weighted by molar-refractivity contribution is 1.11. The number of aromatic nitrogens is 6. The number of fused-ring (bicyclic) bond motifs is 2. The van der Waals surface area contributed by atoms with Crippen molar-refractivity contribution in [3.05, 3.63) is 65.7 Å². The highest BCUT2D eigenvalue weighted by atomic mass is 32.1. The Morgan fingerprint density at radius 3 is 2.69 bits per heavy atom. The lowest BCUT2D eigenvalue weighted by Crippen LogP contribution is -2.08. The van der Waals surface area contributed by atoms with E-state index in [1.165, 1.54) is 0 Å². The molecular formula is C24H19N7S. The van der Waals surface area contributed by atoms with Crippen molar-refractivity contribution < 1.29 is 0 Å². The number of hydrogen-bond acceptors (Lipinski definition) is 6. The fourth-order valence-electron chi connectivity index (χ4n) is 3.86. The molecule has 0 aliphatic heterocycles. The lowest BCUT2D eigenvalue weighted by Gasteiger charge is -2.13. The number of nitrogens with zero attached hydrogens (tertiary/aromatic N) is 5. The van der Waals surface area contributed by atoms with Gasteiger partial charge in [0.15, 0.2) is 5.82 Å². The first kappa shape index (κ1) is 18.7. The molecule has 0 saturated heterocycles. The Kier molecular flexibility index (Phi) is 4.26. The smallest absolute Gasteiger partial charge is 0.159 e. The molecule has 6 rings (SSSR count). The Bertz CT molecular complexity index is 1560. The van der Waals surface area contributed by atoms with Gasteiger partial charge in [0.1, 0.15) is 11.2 Å². The van der Waals surface area contributed by atoms with E-state index in [0.29, 0.717) is 5.82 Å². The molecule has 0 atom stereocenters. The molecule has 6 aromatic rings. The Morgan fingerprint density at radius 2 is 1.84 bits per heavy atom. The molecule has 0 amide bonds. The van der Waals surface area contributed by atoms with Crippen LogP contribution in [0.2, 0.25) is 0 Å². The van der Waals surface area contributed by atoms with Crippen molar-refractivity contribution in [3.63, 3.8) is 0 Å². The van der Waals surface area contributed by atoms with Gasteiger partial charge in [-0.15, -0.1) is 0 Å². The molecule has 1 aromatic carbocycles. The fraction of sp³-hybridized carbons (Fsp3) is 0.0833. The van der Waals surface area contributed by atoms with E-state index in [2.05, 4.69) is 54.8 Å². The summed E-state index contributed by atoms with van der Waals surface area (Å²) in [5.74, 6) is 0.716. The van der Waals surface area contributed by atoms with Gasteiger partial charge in [0.25, 0.3) is 0 Å². The van der Waals surface area contributed by atoms with Crippen molar-refractivity contribution in [2.75, 3.05) is 19.0 Å². The predicted octanol–water partition coefficient (Wildman–Crippen LogP) is 5.36. The number of H-pyrrole nitrogens is 2. The maximum absolute atomic E-state index is 4.89. The minimum Gasteiger partial charge on any atom is -0.376 e. The number of rotatable bonds is 4. The quantitative estimate of drug-likeness (QED) is 0.388. The van der Waals surface area contributed by atoms with E-state index >= 15 is 0 Å². The molecule has 0 radical (unpaired) electrons. The topological polar surface area (TPSA) is 86.4 Å². The monoisotopic (exact) mass is 437 g/mol. The summed E-state index contributed by atoms with van der Waals surface area (Å²) < 4.78 is 0. The molecule has 7 nitrogen and oxygen atoms in total. The summed E-state index contributed by atoms with van der Waals surface area (Å²) in [7, 11) is 4.03. The molecule has 0 fully saturated rings. The van der Waals surface area contributed by atoms with Crippen LogP contribution in [0.15, 0.2) is 65.7 Å². The fourth-order valence-corrected chi connectivity index (χ4v) is 4.50. The largest absolute Gasteiger partial charge is 0.376 e. The maximum Gasteiger partial charge on any atom is 0.159 e. The number of aromatic amines is 2. The van der Waals surface area contributed by atoms with E-state index in [4.69, 9.17) is 4.98 Å². The molecule has 5 heterocycles. The zero-order chi connectivity index (χ0) is 21.7. The van der Waals surface area contributed by atoms with Crippen LogP contribution in [0.3, 0.4) is 0 Å². The SMILES string of the molecule is CN(C)c1cncc(-c2ccc3[nH]nc(-c4nc5c(-c6ccsc6)nccc5[nH]4)c3c2)c1. The van der Waals surface area contributed by atoms with E-state index in [1.54, 1.807) is 11.3 Å². The van der Waals surface area contributed by atoms with Crippen molar-refractivity contribution in [2.45, 2.75) is 0 Å². The van der Waals surface area contributed by atoms with Gasteiger partial charge in [-0.1, -0.05) is 6.07 Å². The van der Waals surface area contributed by atoms with Gasteiger partial charge >= 0.3 is 0 Å². The molecule has 0 unspecified atom stereocenters. The van der Waals surface area contributed by atoms with E-state index in [1.807, 2.05) is 55.1 Å². The number of benzene rings is 1. The van der Waals surface area contributed by atoms with Crippen LogP contribution >= 0.6 is 11.3 Å². The van der Waals surface area contributed by atoms with Crippen molar-refractivity contribution in [1.82, 2.24) is 30.1 Å². The van der Waals surface area contributed by atoms with Crippen LogP contribution in [0.25, 0.3) is 55.8 Å². The van der Waals surface area contributed by atoms with Crippen molar-refractivity contribution in [3.8, 4) is 33.9 Å². The van der Waals surface area contributed by atoms with E-state index in [0.717, 1.165) is 55.7 Å². The van der Waals surface area contributed by atoms with Gasteiger partial charge in [0, 0.05) is 48.4 Å². The zero-order valence-corrected chi connectivity index (χ0v) is 18.3. The molecule has 5 aromatic heterocycles. The minimum atomic E-state index is 0.716. The Labute approximate surface area is 187 Å². The van der Waals surface area contributed by atoms with Crippen LogP contribution in [0.4, 0.5) is 5.69 Å². The molecule has 32 heavy (non-hydrogen) atoms. The first-order valence-corrected chi connectivity index (χ1v) is 11.1.